The van der Waals surface area contributed by atoms with Gasteiger partial charge in [-0.25, -0.2) is 0 Å². The van der Waals surface area contributed by atoms with Crippen LogP contribution in [0.3, 0.4) is 0 Å². The second-order valence-electron chi connectivity index (χ2n) is 7.74. The third kappa shape index (κ3) is 7.81. The zero-order chi connectivity index (χ0) is 21.4. The standard InChI is InChI=1S/C21H29N3O4S/c1-14-12-18(24-28-14)23-20(26)15(2)29-13-19(25)22-10-11-27-17-8-6-16(7-9-17)21(3,4)5/h6-9,12,15H,10-11,13H2,1-5H3,(H,22,25)(H,23,24,26). The topological polar surface area (TPSA) is 93.5 Å². The SMILES string of the molecule is Cc1cc(NC(=O)C(C)SCC(=O)NCCOc2ccc(C(C)(C)C)cc2)no1. The largest absolute Gasteiger partial charge is 0.492 e. The van der Waals surface area contributed by atoms with Crippen LogP contribution in [0.5, 0.6) is 5.75 Å². The summed E-state index contributed by atoms with van der Waals surface area (Å²) < 4.78 is 10.6. The van der Waals surface area contributed by atoms with Gasteiger partial charge in [-0.05, 0) is 37.0 Å². The fraction of sp³-hybridized carbons (Fsp3) is 0.476. The molecule has 7 nitrogen and oxygen atoms in total. The molecule has 0 aliphatic heterocycles. The number of thioether (sulfide) groups is 1. The summed E-state index contributed by atoms with van der Waals surface area (Å²) in [6, 6.07) is 9.62. The highest BCUT2D eigenvalue weighted by atomic mass is 32.2. The lowest BCUT2D eigenvalue weighted by atomic mass is 9.87. The van der Waals surface area contributed by atoms with Gasteiger partial charge in [-0.15, -0.1) is 11.8 Å². The van der Waals surface area contributed by atoms with E-state index in [1.165, 1.54) is 17.3 Å². The van der Waals surface area contributed by atoms with Gasteiger partial charge >= 0.3 is 0 Å². The molecule has 1 aromatic heterocycles. The van der Waals surface area contributed by atoms with E-state index in [1.807, 2.05) is 12.1 Å². The lowest BCUT2D eigenvalue weighted by Crippen LogP contribution is -2.31. The van der Waals surface area contributed by atoms with Crippen molar-refractivity contribution in [1.82, 2.24) is 10.5 Å². The van der Waals surface area contributed by atoms with Crippen LogP contribution in [0.25, 0.3) is 0 Å². The molecule has 1 unspecified atom stereocenters. The Bertz CT molecular complexity index is 812. The molecule has 2 N–H and O–H groups in total. The first-order valence-electron chi connectivity index (χ1n) is 9.51. The lowest BCUT2D eigenvalue weighted by Gasteiger charge is -2.19. The second kappa shape index (κ2) is 10.3. The zero-order valence-electron chi connectivity index (χ0n) is 17.6. The van der Waals surface area contributed by atoms with Crippen molar-refractivity contribution in [3.8, 4) is 5.75 Å². The molecule has 158 valence electrons. The minimum Gasteiger partial charge on any atom is -0.492 e. The quantitative estimate of drug-likeness (QED) is 0.604. The minimum absolute atomic E-state index is 0.103. The summed E-state index contributed by atoms with van der Waals surface area (Å²) in [5.41, 5.74) is 1.35. The first-order valence-corrected chi connectivity index (χ1v) is 10.6. The molecule has 1 atom stereocenters. The lowest BCUT2D eigenvalue weighted by molar-refractivity contribution is -0.118. The van der Waals surface area contributed by atoms with Gasteiger partial charge in [0.2, 0.25) is 11.8 Å². The summed E-state index contributed by atoms with van der Waals surface area (Å²) in [5, 5.41) is 8.77. The fourth-order valence-corrected chi connectivity index (χ4v) is 3.10. The Hall–Kier alpha value is -2.48. The highest BCUT2D eigenvalue weighted by Gasteiger charge is 2.17. The van der Waals surface area contributed by atoms with Crippen LogP contribution in [-0.4, -0.2) is 41.1 Å². The van der Waals surface area contributed by atoms with Crippen LogP contribution >= 0.6 is 11.8 Å². The number of hydrogen-bond acceptors (Lipinski definition) is 6. The molecule has 0 fully saturated rings. The van der Waals surface area contributed by atoms with Gasteiger partial charge in [-0.2, -0.15) is 0 Å². The van der Waals surface area contributed by atoms with E-state index in [0.717, 1.165) is 5.75 Å². The number of ether oxygens (including phenoxy) is 1. The average Bonchev–Trinajstić information content (AvgIpc) is 3.07. The van der Waals surface area contributed by atoms with E-state index in [0.29, 0.717) is 24.7 Å². The van der Waals surface area contributed by atoms with E-state index in [9.17, 15) is 9.59 Å². The Morgan fingerprint density at radius 2 is 1.93 bits per heavy atom. The first kappa shape index (κ1) is 22.8. The van der Waals surface area contributed by atoms with Gasteiger partial charge in [-0.3, -0.25) is 9.59 Å². The van der Waals surface area contributed by atoms with Crippen LogP contribution in [0.1, 0.15) is 39.0 Å². The number of nitrogens with zero attached hydrogens (tertiary/aromatic N) is 1. The number of hydrogen-bond donors (Lipinski definition) is 2. The van der Waals surface area contributed by atoms with Crippen molar-refractivity contribution < 1.29 is 18.8 Å². The summed E-state index contributed by atoms with van der Waals surface area (Å²) in [6.07, 6.45) is 0. The number of carbonyl (C=O) groups excluding carboxylic acids is 2. The predicted molar refractivity (Wildman–Crippen MR) is 115 cm³/mol. The highest BCUT2D eigenvalue weighted by molar-refractivity contribution is 8.01. The number of carbonyl (C=O) groups is 2. The Morgan fingerprint density at radius 3 is 2.52 bits per heavy atom. The highest BCUT2D eigenvalue weighted by Crippen LogP contribution is 2.24. The van der Waals surface area contributed by atoms with Gasteiger partial charge in [0.05, 0.1) is 17.5 Å². The van der Waals surface area contributed by atoms with E-state index < -0.39 is 5.25 Å². The van der Waals surface area contributed by atoms with Crippen molar-refractivity contribution in [2.75, 3.05) is 24.2 Å². The van der Waals surface area contributed by atoms with Crippen LogP contribution in [0.15, 0.2) is 34.9 Å². The van der Waals surface area contributed by atoms with Crippen LogP contribution < -0.4 is 15.4 Å². The molecular weight excluding hydrogens is 390 g/mol. The molecule has 0 radical (unpaired) electrons. The maximum absolute atomic E-state index is 12.1. The molecular formula is C21H29N3O4S. The third-order valence-corrected chi connectivity index (χ3v) is 5.27. The molecule has 0 saturated heterocycles. The molecule has 0 saturated carbocycles. The summed E-state index contributed by atoms with van der Waals surface area (Å²) in [5.74, 6) is 1.59. The molecule has 2 aromatic rings. The van der Waals surface area contributed by atoms with Gasteiger partial charge in [0.1, 0.15) is 18.1 Å². The molecule has 0 aliphatic rings. The zero-order valence-corrected chi connectivity index (χ0v) is 18.4. The number of anilines is 1. The predicted octanol–water partition coefficient (Wildman–Crippen LogP) is 3.54. The van der Waals surface area contributed by atoms with Crippen LogP contribution in [0, 0.1) is 6.92 Å². The maximum atomic E-state index is 12.1. The monoisotopic (exact) mass is 419 g/mol. The van der Waals surface area contributed by atoms with E-state index in [4.69, 9.17) is 9.26 Å². The maximum Gasteiger partial charge on any atom is 0.238 e. The molecule has 0 bridgehead atoms. The van der Waals surface area contributed by atoms with Gasteiger partial charge < -0.3 is 19.9 Å². The van der Waals surface area contributed by atoms with Crippen molar-refractivity contribution in [1.29, 1.82) is 0 Å². The van der Waals surface area contributed by atoms with Gasteiger partial charge in [0.15, 0.2) is 5.82 Å². The van der Waals surface area contributed by atoms with Crippen LogP contribution in [0.2, 0.25) is 0 Å². The van der Waals surface area contributed by atoms with Crippen molar-refractivity contribution in [2.45, 2.75) is 45.3 Å². The van der Waals surface area contributed by atoms with Gasteiger partial charge in [0.25, 0.3) is 0 Å². The summed E-state index contributed by atoms with van der Waals surface area (Å²) in [4.78, 5) is 24.0. The van der Waals surface area contributed by atoms with E-state index in [-0.39, 0.29) is 23.0 Å². The number of nitrogens with one attached hydrogen (secondary N) is 2. The van der Waals surface area contributed by atoms with E-state index in [1.54, 1.807) is 19.9 Å². The number of benzene rings is 1. The Labute approximate surface area is 175 Å². The summed E-state index contributed by atoms with van der Waals surface area (Å²) in [6.45, 7) is 10.8. The normalized spacial score (nSPS) is 12.3. The second-order valence-corrected chi connectivity index (χ2v) is 9.07. The molecule has 0 spiro atoms. The fourth-order valence-electron chi connectivity index (χ4n) is 2.39. The summed E-state index contributed by atoms with van der Waals surface area (Å²) in [7, 11) is 0. The Balaban J connectivity index is 1.62. The third-order valence-electron chi connectivity index (χ3n) is 4.13. The van der Waals surface area contributed by atoms with Gasteiger partial charge in [-0.1, -0.05) is 38.1 Å². The number of rotatable bonds is 9. The molecule has 2 rings (SSSR count). The van der Waals surface area contributed by atoms with E-state index in [2.05, 4.69) is 48.7 Å². The van der Waals surface area contributed by atoms with Crippen molar-refractivity contribution in [3.05, 3.63) is 41.7 Å². The average molecular weight is 420 g/mol. The summed E-state index contributed by atoms with van der Waals surface area (Å²) >= 11 is 1.25. The van der Waals surface area contributed by atoms with Crippen LogP contribution in [-0.2, 0) is 15.0 Å². The van der Waals surface area contributed by atoms with Gasteiger partial charge in [0, 0.05) is 6.07 Å². The molecule has 2 amide bonds. The van der Waals surface area contributed by atoms with E-state index >= 15 is 0 Å². The first-order chi connectivity index (χ1) is 13.6. The smallest absolute Gasteiger partial charge is 0.238 e. The minimum atomic E-state index is -0.393. The number of aromatic nitrogens is 1. The molecule has 1 heterocycles. The number of amides is 2. The Morgan fingerprint density at radius 1 is 1.24 bits per heavy atom. The number of aryl methyl sites for hydroxylation is 1. The Kier molecular flexibility index (Phi) is 8.13. The van der Waals surface area contributed by atoms with Crippen molar-refractivity contribution in [3.63, 3.8) is 0 Å². The molecule has 29 heavy (non-hydrogen) atoms. The van der Waals surface area contributed by atoms with Crippen molar-refractivity contribution in [2.24, 2.45) is 0 Å². The van der Waals surface area contributed by atoms with Crippen molar-refractivity contribution >= 4 is 29.4 Å². The molecule has 1 aromatic carbocycles. The molecule has 0 aliphatic carbocycles. The molecule has 8 heteroatoms. The van der Waals surface area contributed by atoms with Crippen LogP contribution in [0.4, 0.5) is 5.82 Å².